The highest BCUT2D eigenvalue weighted by molar-refractivity contribution is 6.74. The SMILES string of the molecule is Cc1ccc(CCC(CO[Si](C)(C)C(C)(C)C)n2cnc(C(N)=O)c2)cc1. The minimum atomic E-state index is -1.86. The third kappa shape index (κ3) is 5.78. The van der Waals surface area contributed by atoms with Gasteiger partial charge in [0.15, 0.2) is 8.32 Å². The van der Waals surface area contributed by atoms with Crippen LogP contribution in [0.4, 0.5) is 0 Å². The molecule has 1 aromatic carbocycles. The zero-order valence-electron chi connectivity index (χ0n) is 17.5. The van der Waals surface area contributed by atoms with Gasteiger partial charge in [0.1, 0.15) is 5.69 Å². The van der Waals surface area contributed by atoms with Gasteiger partial charge in [0, 0.05) is 6.20 Å². The molecule has 0 aliphatic heterocycles. The Morgan fingerprint density at radius 2 is 1.89 bits per heavy atom. The molecule has 1 unspecified atom stereocenters. The Balaban J connectivity index is 2.14. The number of aryl methyl sites for hydroxylation is 2. The second-order valence-corrected chi connectivity index (χ2v) is 13.6. The summed E-state index contributed by atoms with van der Waals surface area (Å²) in [5.74, 6) is -0.503. The maximum atomic E-state index is 11.4. The number of hydrogen-bond acceptors (Lipinski definition) is 3. The van der Waals surface area contributed by atoms with Gasteiger partial charge in [0.25, 0.3) is 5.91 Å². The lowest BCUT2D eigenvalue weighted by Gasteiger charge is -2.37. The van der Waals surface area contributed by atoms with E-state index in [0.717, 1.165) is 12.8 Å². The molecule has 2 aromatic rings. The minimum absolute atomic E-state index is 0.112. The van der Waals surface area contributed by atoms with Crippen LogP contribution in [0.15, 0.2) is 36.8 Å². The molecule has 1 atom stereocenters. The summed E-state index contributed by atoms with van der Waals surface area (Å²) in [4.78, 5) is 15.6. The highest BCUT2D eigenvalue weighted by Crippen LogP contribution is 2.37. The number of hydrogen-bond donors (Lipinski definition) is 1. The van der Waals surface area contributed by atoms with E-state index in [4.69, 9.17) is 10.2 Å². The Morgan fingerprint density at radius 3 is 2.41 bits per heavy atom. The van der Waals surface area contributed by atoms with E-state index in [-0.39, 0.29) is 11.1 Å². The van der Waals surface area contributed by atoms with E-state index in [1.165, 1.54) is 11.1 Å². The number of primary amides is 1. The van der Waals surface area contributed by atoms with E-state index in [2.05, 4.69) is 70.0 Å². The summed E-state index contributed by atoms with van der Waals surface area (Å²) in [7, 11) is -1.86. The Labute approximate surface area is 164 Å². The molecule has 148 valence electrons. The largest absolute Gasteiger partial charge is 0.415 e. The van der Waals surface area contributed by atoms with E-state index < -0.39 is 14.2 Å². The topological polar surface area (TPSA) is 70.1 Å². The van der Waals surface area contributed by atoms with E-state index in [1.54, 1.807) is 12.5 Å². The van der Waals surface area contributed by atoms with E-state index in [0.29, 0.717) is 12.3 Å². The van der Waals surface area contributed by atoms with Gasteiger partial charge in [0.05, 0.1) is 19.0 Å². The van der Waals surface area contributed by atoms with Crippen LogP contribution in [-0.2, 0) is 10.8 Å². The quantitative estimate of drug-likeness (QED) is 0.679. The van der Waals surface area contributed by atoms with Gasteiger partial charge in [-0.15, -0.1) is 0 Å². The monoisotopic (exact) mass is 387 g/mol. The molecule has 0 radical (unpaired) electrons. The molecule has 0 saturated carbocycles. The lowest BCUT2D eigenvalue weighted by molar-refractivity contribution is 0.0995. The van der Waals surface area contributed by atoms with Crippen LogP contribution in [0.25, 0.3) is 0 Å². The Morgan fingerprint density at radius 1 is 1.26 bits per heavy atom. The molecule has 5 nitrogen and oxygen atoms in total. The number of carbonyl (C=O) groups is 1. The number of aromatic nitrogens is 2. The highest BCUT2D eigenvalue weighted by Gasteiger charge is 2.37. The molecule has 27 heavy (non-hydrogen) atoms. The van der Waals surface area contributed by atoms with Gasteiger partial charge in [-0.1, -0.05) is 50.6 Å². The van der Waals surface area contributed by atoms with Crippen molar-refractivity contribution < 1.29 is 9.22 Å². The number of carbonyl (C=O) groups excluding carboxylic acids is 1. The summed E-state index contributed by atoms with van der Waals surface area (Å²) in [6, 6.07) is 8.73. The van der Waals surface area contributed by atoms with Crippen LogP contribution in [-0.4, -0.2) is 30.4 Å². The van der Waals surface area contributed by atoms with Gasteiger partial charge in [-0.2, -0.15) is 0 Å². The summed E-state index contributed by atoms with van der Waals surface area (Å²) >= 11 is 0. The molecule has 0 saturated heterocycles. The molecule has 0 bridgehead atoms. The molecule has 0 aliphatic carbocycles. The predicted octanol–water partition coefficient (Wildman–Crippen LogP) is 4.49. The van der Waals surface area contributed by atoms with Crippen molar-refractivity contribution in [2.75, 3.05) is 6.61 Å². The molecule has 2 rings (SSSR count). The van der Waals surface area contributed by atoms with Gasteiger partial charge in [-0.3, -0.25) is 4.79 Å². The van der Waals surface area contributed by atoms with Gasteiger partial charge >= 0.3 is 0 Å². The smallest absolute Gasteiger partial charge is 0.268 e. The Kier molecular flexibility index (Phi) is 6.65. The average Bonchev–Trinajstić information content (AvgIpc) is 3.05. The molecule has 1 aromatic heterocycles. The fourth-order valence-electron chi connectivity index (χ4n) is 2.59. The lowest BCUT2D eigenvalue weighted by Crippen LogP contribution is -2.42. The molecule has 2 N–H and O–H groups in total. The molecular formula is C21H33N3O2Si. The fraction of sp³-hybridized carbons (Fsp3) is 0.524. The number of rotatable bonds is 8. The first-order valence-electron chi connectivity index (χ1n) is 9.52. The van der Waals surface area contributed by atoms with Crippen molar-refractivity contribution in [3.05, 3.63) is 53.6 Å². The Bertz CT molecular complexity index is 760. The molecule has 1 heterocycles. The molecular weight excluding hydrogens is 354 g/mol. The van der Waals surface area contributed by atoms with Crippen LogP contribution in [0.5, 0.6) is 0 Å². The van der Waals surface area contributed by atoms with Crippen molar-refractivity contribution >= 4 is 14.2 Å². The van der Waals surface area contributed by atoms with E-state index in [9.17, 15) is 4.79 Å². The van der Waals surface area contributed by atoms with Crippen molar-refractivity contribution in [3.63, 3.8) is 0 Å². The first-order chi connectivity index (χ1) is 12.5. The summed E-state index contributed by atoms with van der Waals surface area (Å²) in [5, 5.41) is 0.155. The van der Waals surface area contributed by atoms with Gasteiger partial charge in [-0.05, 0) is 43.5 Å². The maximum absolute atomic E-state index is 11.4. The van der Waals surface area contributed by atoms with E-state index >= 15 is 0 Å². The summed E-state index contributed by atoms with van der Waals surface area (Å²) in [5.41, 5.74) is 8.22. The summed E-state index contributed by atoms with van der Waals surface area (Å²) in [6.45, 7) is 13.9. The summed E-state index contributed by atoms with van der Waals surface area (Å²) in [6.07, 6.45) is 5.27. The molecule has 1 amide bonds. The molecule has 0 aliphatic rings. The molecule has 6 heteroatoms. The van der Waals surface area contributed by atoms with Crippen molar-refractivity contribution in [2.45, 2.75) is 64.7 Å². The number of amides is 1. The van der Waals surface area contributed by atoms with Gasteiger partial charge < -0.3 is 14.7 Å². The predicted molar refractivity (Wildman–Crippen MR) is 112 cm³/mol. The van der Waals surface area contributed by atoms with Crippen LogP contribution in [0.1, 0.15) is 54.8 Å². The second-order valence-electron chi connectivity index (χ2n) is 8.82. The third-order valence-electron chi connectivity index (χ3n) is 5.61. The standard InChI is InChI=1S/C21H33N3O2Si/c1-16-7-9-17(10-8-16)11-12-18(14-26-27(5,6)21(2,3)4)24-13-19(20(22)25)23-15-24/h7-10,13,15,18H,11-12,14H2,1-6H3,(H2,22,25). The second kappa shape index (κ2) is 8.40. The first kappa shape index (κ1) is 21.4. The maximum Gasteiger partial charge on any atom is 0.268 e. The fourth-order valence-corrected chi connectivity index (χ4v) is 3.63. The molecule has 0 spiro atoms. The van der Waals surface area contributed by atoms with Gasteiger partial charge in [-0.25, -0.2) is 4.98 Å². The van der Waals surface area contributed by atoms with Crippen molar-refractivity contribution in [1.82, 2.24) is 9.55 Å². The molecule has 0 fully saturated rings. The van der Waals surface area contributed by atoms with E-state index in [1.807, 2.05) is 4.57 Å². The summed E-state index contributed by atoms with van der Waals surface area (Å²) < 4.78 is 8.44. The first-order valence-corrected chi connectivity index (χ1v) is 12.4. The van der Waals surface area contributed by atoms with Gasteiger partial charge in [0.2, 0.25) is 0 Å². The van der Waals surface area contributed by atoms with Crippen LogP contribution in [0.3, 0.4) is 0 Å². The Hall–Kier alpha value is -1.92. The van der Waals surface area contributed by atoms with Crippen molar-refractivity contribution in [1.29, 1.82) is 0 Å². The lowest BCUT2D eigenvalue weighted by atomic mass is 10.0. The van der Waals surface area contributed by atoms with Crippen LogP contribution in [0.2, 0.25) is 18.1 Å². The third-order valence-corrected chi connectivity index (χ3v) is 10.1. The number of nitrogens with two attached hydrogens (primary N) is 1. The van der Waals surface area contributed by atoms with Crippen LogP contribution >= 0.6 is 0 Å². The number of benzene rings is 1. The number of nitrogens with zero attached hydrogens (tertiary/aromatic N) is 2. The number of imidazole rings is 1. The van der Waals surface area contributed by atoms with Crippen molar-refractivity contribution in [3.8, 4) is 0 Å². The average molecular weight is 388 g/mol. The van der Waals surface area contributed by atoms with Crippen molar-refractivity contribution in [2.24, 2.45) is 5.73 Å². The zero-order valence-corrected chi connectivity index (χ0v) is 18.5. The van der Waals surface area contributed by atoms with Crippen LogP contribution < -0.4 is 5.73 Å². The zero-order chi connectivity index (χ0) is 20.2. The minimum Gasteiger partial charge on any atom is -0.415 e. The highest BCUT2D eigenvalue weighted by atomic mass is 28.4. The van der Waals surface area contributed by atoms with Crippen LogP contribution in [0, 0.1) is 6.92 Å². The normalized spacial score (nSPS) is 13.6.